The molecule has 1 aliphatic heterocycles. The maximum absolute atomic E-state index is 10.2. The van der Waals surface area contributed by atoms with Crippen LogP contribution in [0.5, 0.6) is 5.75 Å². The molecule has 1 N–H and O–H groups in total. The highest BCUT2D eigenvalue weighted by atomic mass is 16.5. The van der Waals surface area contributed by atoms with E-state index in [9.17, 15) is 5.11 Å². The van der Waals surface area contributed by atoms with E-state index >= 15 is 0 Å². The van der Waals surface area contributed by atoms with Crippen molar-refractivity contribution in [3.63, 3.8) is 0 Å². The van der Waals surface area contributed by atoms with Crippen LogP contribution >= 0.6 is 0 Å². The second-order valence-corrected chi connectivity index (χ2v) is 6.51. The predicted molar refractivity (Wildman–Crippen MR) is 84.8 cm³/mol. The monoisotopic (exact) mass is 289 g/mol. The van der Waals surface area contributed by atoms with Crippen molar-refractivity contribution < 1.29 is 9.84 Å². The number of ether oxygens (including phenoxy) is 1. The lowest BCUT2D eigenvalue weighted by molar-refractivity contribution is 0.00870. The van der Waals surface area contributed by atoms with Crippen molar-refractivity contribution in [2.45, 2.75) is 56.6 Å². The number of likely N-dealkylation sites (tertiary alicyclic amines) is 1. The standard InChI is InChI=1S/C18H27NO2/c1-21-16-6-4-5-15(13-16)14-9-11-19(12-10-14)17-7-2-3-8-18(17)20/h4-6,13-14,17-18,20H,2-3,7-12H2,1H3/t17-,18-/m1/s1. The van der Waals surface area contributed by atoms with E-state index in [0.29, 0.717) is 12.0 Å². The van der Waals surface area contributed by atoms with Gasteiger partial charge in [-0.15, -0.1) is 0 Å². The summed E-state index contributed by atoms with van der Waals surface area (Å²) in [6.07, 6.45) is 6.90. The number of benzene rings is 1. The van der Waals surface area contributed by atoms with Crippen LogP contribution in [0.1, 0.15) is 50.0 Å². The molecule has 1 aromatic carbocycles. The first-order valence-corrected chi connectivity index (χ1v) is 8.34. The molecule has 1 aliphatic carbocycles. The average molecular weight is 289 g/mol. The summed E-state index contributed by atoms with van der Waals surface area (Å²) in [4.78, 5) is 2.53. The normalized spacial score (nSPS) is 28.5. The first-order chi connectivity index (χ1) is 10.3. The number of aliphatic hydroxyl groups is 1. The third-order valence-electron chi connectivity index (χ3n) is 5.26. The van der Waals surface area contributed by atoms with Crippen LogP contribution in [0.15, 0.2) is 24.3 Å². The second kappa shape index (κ2) is 6.80. The van der Waals surface area contributed by atoms with Crippen molar-refractivity contribution in [2.75, 3.05) is 20.2 Å². The van der Waals surface area contributed by atoms with E-state index in [1.54, 1.807) is 7.11 Å². The molecule has 3 heteroatoms. The van der Waals surface area contributed by atoms with Gasteiger partial charge in [0.2, 0.25) is 0 Å². The Balaban J connectivity index is 1.59. The van der Waals surface area contributed by atoms with Crippen molar-refractivity contribution in [2.24, 2.45) is 0 Å². The lowest BCUT2D eigenvalue weighted by Gasteiger charge is -2.41. The second-order valence-electron chi connectivity index (χ2n) is 6.51. The topological polar surface area (TPSA) is 32.7 Å². The van der Waals surface area contributed by atoms with E-state index in [2.05, 4.69) is 23.1 Å². The fourth-order valence-corrected chi connectivity index (χ4v) is 3.98. The summed E-state index contributed by atoms with van der Waals surface area (Å²) in [5.41, 5.74) is 1.40. The molecular weight excluding hydrogens is 262 g/mol. The van der Waals surface area contributed by atoms with Gasteiger partial charge in [-0.05, 0) is 62.4 Å². The highest BCUT2D eigenvalue weighted by Crippen LogP contribution is 2.33. The summed E-state index contributed by atoms with van der Waals surface area (Å²) in [5.74, 6) is 1.59. The van der Waals surface area contributed by atoms with E-state index in [1.807, 2.05) is 6.07 Å². The average Bonchev–Trinajstić information content (AvgIpc) is 2.56. The van der Waals surface area contributed by atoms with Gasteiger partial charge in [-0.25, -0.2) is 0 Å². The van der Waals surface area contributed by atoms with Gasteiger partial charge in [0.05, 0.1) is 13.2 Å². The fraction of sp³-hybridized carbons (Fsp3) is 0.667. The number of hydrogen-bond donors (Lipinski definition) is 1. The van der Waals surface area contributed by atoms with Crippen LogP contribution in [0, 0.1) is 0 Å². The Labute approximate surface area is 127 Å². The Morgan fingerprint density at radius 1 is 1.10 bits per heavy atom. The molecule has 3 rings (SSSR count). The molecule has 0 bridgehead atoms. The molecule has 2 atom stereocenters. The van der Waals surface area contributed by atoms with Gasteiger partial charge < -0.3 is 9.84 Å². The molecule has 3 nitrogen and oxygen atoms in total. The Morgan fingerprint density at radius 3 is 2.57 bits per heavy atom. The van der Waals surface area contributed by atoms with Crippen LogP contribution < -0.4 is 4.74 Å². The number of nitrogens with zero attached hydrogens (tertiary/aromatic N) is 1. The molecule has 116 valence electrons. The van der Waals surface area contributed by atoms with Crippen LogP contribution in [0.3, 0.4) is 0 Å². The molecule has 0 unspecified atom stereocenters. The Morgan fingerprint density at radius 2 is 1.86 bits per heavy atom. The highest BCUT2D eigenvalue weighted by Gasteiger charge is 2.31. The van der Waals surface area contributed by atoms with E-state index in [1.165, 1.54) is 37.7 Å². The van der Waals surface area contributed by atoms with Crippen LogP contribution in [0.4, 0.5) is 0 Å². The predicted octanol–water partition coefficient (Wildman–Crippen LogP) is 3.18. The number of piperidine rings is 1. The Hall–Kier alpha value is -1.06. The van der Waals surface area contributed by atoms with Crippen molar-refractivity contribution >= 4 is 0 Å². The van der Waals surface area contributed by atoms with Gasteiger partial charge in [-0.3, -0.25) is 4.90 Å². The summed E-state index contributed by atoms with van der Waals surface area (Å²) in [7, 11) is 1.73. The SMILES string of the molecule is COc1cccc(C2CCN([C@@H]3CCCC[C@H]3O)CC2)c1. The number of methoxy groups -OCH3 is 1. The third kappa shape index (κ3) is 3.41. The number of aliphatic hydroxyl groups excluding tert-OH is 1. The van der Waals surface area contributed by atoms with Crippen LogP contribution in [0.25, 0.3) is 0 Å². The molecule has 1 heterocycles. The first-order valence-electron chi connectivity index (χ1n) is 8.34. The van der Waals surface area contributed by atoms with Gasteiger partial charge in [-0.1, -0.05) is 25.0 Å². The van der Waals surface area contributed by atoms with E-state index in [4.69, 9.17) is 4.74 Å². The Bertz CT molecular complexity index is 454. The lowest BCUT2D eigenvalue weighted by atomic mass is 9.86. The summed E-state index contributed by atoms with van der Waals surface area (Å²) >= 11 is 0. The zero-order valence-corrected chi connectivity index (χ0v) is 13.0. The maximum Gasteiger partial charge on any atom is 0.119 e. The molecule has 1 saturated carbocycles. The van der Waals surface area contributed by atoms with Crippen molar-refractivity contribution in [3.05, 3.63) is 29.8 Å². The minimum absolute atomic E-state index is 0.105. The van der Waals surface area contributed by atoms with Crippen molar-refractivity contribution in [3.8, 4) is 5.75 Å². The van der Waals surface area contributed by atoms with Gasteiger partial charge in [0, 0.05) is 6.04 Å². The van der Waals surface area contributed by atoms with E-state index in [-0.39, 0.29) is 6.10 Å². The summed E-state index contributed by atoms with van der Waals surface area (Å²) < 4.78 is 5.33. The van der Waals surface area contributed by atoms with Gasteiger partial charge in [-0.2, -0.15) is 0 Å². The summed E-state index contributed by atoms with van der Waals surface area (Å²) in [5, 5.41) is 10.2. The van der Waals surface area contributed by atoms with Gasteiger partial charge in [0.25, 0.3) is 0 Å². The van der Waals surface area contributed by atoms with Crippen molar-refractivity contribution in [1.82, 2.24) is 4.90 Å². The molecule has 21 heavy (non-hydrogen) atoms. The Kier molecular flexibility index (Phi) is 4.81. The fourth-order valence-electron chi connectivity index (χ4n) is 3.98. The zero-order chi connectivity index (χ0) is 14.7. The number of hydrogen-bond acceptors (Lipinski definition) is 3. The molecule has 1 aromatic rings. The number of rotatable bonds is 3. The molecule has 0 spiro atoms. The van der Waals surface area contributed by atoms with Gasteiger partial charge >= 0.3 is 0 Å². The van der Waals surface area contributed by atoms with Gasteiger partial charge in [0.1, 0.15) is 5.75 Å². The molecule has 2 fully saturated rings. The molecule has 1 saturated heterocycles. The minimum Gasteiger partial charge on any atom is -0.497 e. The molecule has 0 radical (unpaired) electrons. The first kappa shape index (κ1) is 14.9. The van der Waals surface area contributed by atoms with Crippen LogP contribution in [-0.2, 0) is 0 Å². The van der Waals surface area contributed by atoms with E-state index < -0.39 is 0 Å². The summed E-state index contributed by atoms with van der Waals surface area (Å²) in [6.45, 7) is 2.23. The molecule has 2 aliphatic rings. The highest BCUT2D eigenvalue weighted by molar-refractivity contribution is 5.31. The molecular formula is C18H27NO2. The van der Waals surface area contributed by atoms with Crippen LogP contribution in [0.2, 0.25) is 0 Å². The zero-order valence-electron chi connectivity index (χ0n) is 13.0. The van der Waals surface area contributed by atoms with Crippen LogP contribution in [-0.4, -0.2) is 42.4 Å². The molecule has 0 amide bonds. The van der Waals surface area contributed by atoms with Crippen molar-refractivity contribution in [1.29, 1.82) is 0 Å². The molecule has 0 aromatic heterocycles. The smallest absolute Gasteiger partial charge is 0.119 e. The largest absolute Gasteiger partial charge is 0.497 e. The lowest BCUT2D eigenvalue weighted by Crippen LogP contribution is -2.48. The summed E-state index contributed by atoms with van der Waals surface area (Å²) in [6, 6.07) is 8.90. The maximum atomic E-state index is 10.2. The minimum atomic E-state index is -0.105. The third-order valence-corrected chi connectivity index (χ3v) is 5.26. The van der Waals surface area contributed by atoms with E-state index in [0.717, 1.165) is 25.3 Å². The van der Waals surface area contributed by atoms with Gasteiger partial charge in [0.15, 0.2) is 0 Å². The quantitative estimate of drug-likeness (QED) is 0.927.